The molecule has 2 N–H and O–H groups in total. The van der Waals surface area contributed by atoms with Crippen LogP contribution in [0.3, 0.4) is 0 Å². The quantitative estimate of drug-likeness (QED) is 0.654. The number of hydrogen-bond acceptors (Lipinski definition) is 2. The van der Waals surface area contributed by atoms with E-state index in [4.69, 9.17) is 10.5 Å². The van der Waals surface area contributed by atoms with Crippen molar-refractivity contribution in [3.63, 3.8) is 0 Å². The molecule has 0 radical (unpaired) electrons. The van der Waals surface area contributed by atoms with Gasteiger partial charge < -0.3 is 10.5 Å². The molecule has 72 valence electrons. The van der Waals surface area contributed by atoms with Crippen molar-refractivity contribution in [2.45, 2.75) is 58.8 Å². The third-order valence-corrected chi connectivity index (χ3v) is 2.75. The van der Waals surface area contributed by atoms with Gasteiger partial charge in [-0.15, -0.1) is 0 Å². The van der Waals surface area contributed by atoms with E-state index in [1.54, 1.807) is 0 Å². The molecule has 0 aromatic rings. The molecule has 0 bridgehead atoms. The highest BCUT2D eigenvalue weighted by Crippen LogP contribution is 2.42. The average Bonchev–Trinajstić information content (AvgIpc) is 1.84. The summed E-state index contributed by atoms with van der Waals surface area (Å²) in [5.74, 6) is 0. The molecule has 0 spiro atoms. The normalized spacial score (nSPS) is 34.5. The van der Waals surface area contributed by atoms with Crippen molar-refractivity contribution in [2.24, 2.45) is 11.1 Å². The minimum Gasteiger partial charge on any atom is -0.372 e. The van der Waals surface area contributed by atoms with Crippen molar-refractivity contribution in [1.82, 2.24) is 0 Å². The molecular weight excluding hydrogens is 150 g/mol. The second kappa shape index (κ2) is 2.71. The summed E-state index contributed by atoms with van der Waals surface area (Å²) in [6.45, 7) is 10.6. The van der Waals surface area contributed by atoms with Gasteiger partial charge in [0, 0.05) is 11.5 Å². The molecule has 1 fully saturated rings. The van der Waals surface area contributed by atoms with E-state index in [1.165, 1.54) is 0 Å². The predicted octanol–water partition coefficient (Wildman–Crippen LogP) is 1.93. The first-order valence-electron chi connectivity index (χ1n) is 4.67. The second-order valence-corrected chi connectivity index (χ2v) is 5.38. The third kappa shape index (κ3) is 1.80. The van der Waals surface area contributed by atoms with Crippen molar-refractivity contribution in [2.75, 3.05) is 0 Å². The Bertz CT molecular complexity index is 169. The van der Waals surface area contributed by atoms with E-state index in [1.807, 2.05) is 0 Å². The Hall–Kier alpha value is -0.0800. The molecule has 1 aliphatic rings. The number of rotatable bonds is 1. The maximum Gasteiger partial charge on any atom is 0.0662 e. The predicted molar refractivity (Wildman–Crippen MR) is 51.0 cm³/mol. The maximum atomic E-state index is 5.89. The molecule has 2 heteroatoms. The largest absolute Gasteiger partial charge is 0.372 e. The van der Waals surface area contributed by atoms with Crippen LogP contribution < -0.4 is 5.73 Å². The van der Waals surface area contributed by atoms with Gasteiger partial charge in [-0.3, -0.25) is 0 Å². The number of nitrogens with two attached hydrogens (primary N) is 1. The molecule has 1 saturated carbocycles. The molecule has 2 atom stereocenters. The van der Waals surface area contributed by atoms with Crippen molar-refractivity contribution in [1.29, 1.82) is 0 Å². The van der Waals surface area contributed by atoms with E-state index in [-0.39, 0.29) is 11.0 Å². The van der Waals surface area contributed by atoms with Crippen LogP contribution in [0, 0.1) is 5.41 Å². The van der Waals surface area contributed by atoms with E-state index in [0.29, 0.717) is 12.1 Å². The van der Waals surface area contributed by atoms with Crippen molar-refractivity contribution < 1.29 is 4.74 Å². The molecule has 0 aromatic carbocycles. The van der Waals surface area contributed by atoms with Crippen molar-refractivity contribution >= 4 is 0 Å². The van der Waals surface area contributed by atoms with Crippen LogP contribution in [0.25, 0.3) is 0 Å². The molecule has 0 aliphatic heterocycles. The standard InChI is InChI=1S/C10H21NO/c1-9(2,3)12-8-6-7(11)10(8,4)5/h7-8H,6,11H2,1-5H3. The molecule has 0 heterocycles. The Morgan fingerprint density at radius 2 is 1.83 bits per heavy atom. The van der Waals surface area contributed by atoms with E-state index in [0.717, 1.165) is 6.42 Å². The van der Waals surface area contributed by atoms with Gasteiger partial charge in [-0.25, -0.2) is 0 Å². The highest BCUT2D eigenvalue weighted by molar-refractivity contribution is 5.01. The Balaban J connectivity index is 2.48. The number of hydrogen-bond donors (Lipinski definition) is 1. The van der Waals surface area contributed by atoms with Crippen LogP contribution >= 0.6 is 0 Å². The highest BCUT2D eigenvalue weighted by atomic mass is 16.5. The van der Waals surface area contributed by atoms with Gasteiger partial charge in [0.2, 0.25) is 0 Å². The van der Waals surface area contributed by atoms with Crippen LogP contribution in [0.15, 0.2) is 0 Å². The number of ether oxygens (including phenoxy) is 1. The molecule has 12 heavy (non-hydrogen) atoms. The van der Waals surface area contributed by atoms with Crippen LogP contribution in [0.4, 0.5) is 0 Å². The Morgan fingerprint density at radius 1 is 1.33 bits per heavy atom. The Morgan fingerprint density at radius 3 is 2.08 bits per heavy atom. The lowest BCUT2D eigenvalue weighted by Crippen LogP contribution is -2.60. The van der Waals surface area contributed by atoms with Gasteiger partial charge in [0.05, 0.1) is 11.7 Å². The zero-order valence-corrected chi connectivity index (χ0v) is 8.85. The van der Waals surface area contributed by atoms with E-state index < -0.39 is 0 Å². The maximum absolute atomic E-state index is 5.89. The fourth-order valence-electron chi connectivity index (χ4n) is 1.54. The highest BCUT2D eigenvalue weighted by Gasteiger charge is 2.48. The van der Waals surface area contributed by atoms with E-state index in [9.17, 15) is 0 Å². The molecule has 2 unspecified atom stereocenters. The third-order valence-electron chi connectivity index (χ3n) is 2.75. The van der Waals surface area contributed by atoms with Crippen molar-refractivity contribution in [3.05, 3.63) is 0 Å². The summed E-state index contributed by atoms with van der Waals surface area (Å²) < 4.78 is 5.88. The Labute approximate surface area is 75.5 Å². The summed E-state index contributed by atoms with van der Waals surface area (Å²) in [4.78, 5) is 0. The lowest BCUT2D eigenvalue weighted by molar-refractivity contribution is -0.166. The SMILES string of the molecule is CC(C)(C)OC1CC(N)C1(C)C. The van der Waals surface area contributed by atoms with Crippen molar-refractivity contribution in [3.8, 4) is 0 Å². The van der Waals surface area contributed by atoms with E-state index in [2.05, 4.69) is 34.6 Å². The average molecular weight is 171 g/mol. The topological polar surface area (TPSA) is 35.2 Å². The zero-order valence-electron chi connectivity index (χ0n) is 8.85. The smallest absolute Gasteiger partial charge is 0.0662 e. The minimum absolute atomic E-state index is 0.0396. The monoisotopic (exact) mass is 171 g/mol. The Kier molecular flexibility index (Phi) is 2.26. The summed E-state index contributed by atoms with van der Waals surface area (Å²) in [6.07, 6.45) is 1.34. The summed E-state index contributed by atoms with van der Waals surface area (Å²) in [6, 6.07) is 0.310. The summed E-state index contributed by atoms with van der Waals surface area (Å²) in [7, 11) is 0. The van der Waals surface area contributed by atoms with Gasteiger partial charge in [-0.1, -0.05) is 13.8 Å². The summed E-state index contributed by atoms with van der Waals surface area (Å²) in [5.41, 5.74) is 6.01. The van der Waals surface area contributed by atoms with Crippen LogP contribution in [-0.4, -0.2) is 17.7 Å². The van der Waals surface area contributed by atoms with Gasteiger partial charge in [0.1, 0.15) is 0 Å². The van der Waals surface area contributed by atoms with Gasteiger partial charge in [-0.2, -0.15) is 0 Å². The molecule has 0 amide bonds. The fourth-order valence-corrected chi connectivity index (χ4v) is 1.54. The zero-order chi connectivity index (χ0) is 9.57. The molecule has 1 rings (SSSR count). The molecular formula is C10H21NO. The van der Waals surface area contributed by atoms with Gasteiger partial charge in [0.15, 0.2) is 0 Å². The molecule has 0 aromatic heterocycles. The van der Waals surface area contributed by atoms with Crippen LogP contribution in [0.5, 0.6) is 0 Å². The van der Waals surface area contributed by atoms with Gasteiger partial charge in [-0.05, 0) is 27.2 Å². The summed E-state index contributed by atoms with van der Waals surface area (Å²) >= 11 is 0. The first-order chi connectivity index (χ1) is 5.23. The first kappa shape index (κ1) is 10.0. The second-order valence-electron chi connectivity index (χ2n) is 5.38. The van der Waals surface area contributed by atoms with Crippen LogP contribution in [0.2, 0.25) is 0 Å². The van der Waals surface area contributed by atoms with Crippen LogP contribution in [-0.2, 0) is 4.74 Å². The summed E-state index contributed by atoms with van der Waals surface area (Å²) in [5, 5.41) is 0. The lowest BCUT2D eigenvalue weighted by atomic mass is 9.65. The lowest BCUT2D eigenvalue weighted by Gasteiger charge is -2.51. The van der Waals surface area contributed by atoms with Crippen LogP contribution in [0.1, 0.15) is 41.0 Å². The van der Waals surface area contributed by atoms with Gasteiger partial charge in [0.25, 0.3) is 0 Å². The molecule has 1 aliphatic carbocycles. The minimum atomic E-state index is -0.0396. The van der Waals surface area contributed by atoms with Gasteiger partial charge >= 0.3 is 0 Å². The molecule has 2 nitrogen and oxygen atoms in total. The molecule has 0 saturated heterocycles. The van der Waals surface area contributed by atoms with E-state index >= 15 is 0 Å². The first-order valence-corrected chi connectivity index (χ1v) is 4.67. The fraction of sp³-hybridized carbons (Fsp3) is 1.00.